The molecule has 0 atom stereocenters. The lowest BCUT2D eigenvalue weighted by Crippen LogP contribution is -2.18. The first-order chi connectivity index (χ1) is 13.8. The van der Waals surface area contributed by atoms with Crippen LogP contribution >= 0.6 is 23.1 Å². The van der Waals surface area contributed by atoms with Gasteiger partial charge in [-0.15, -0.1) is 21.5 Å². The van der Waals surface area contributed by atoms with Gasteiger partial charge >= 0.3 is 6.18 Å². The lowest BCUT2D eigenvalue weighted by molar-refractivity contribution is -0.137. The highest BCUT2D eigenvalue weighted by Gasteiger charge is 2.33. The third-order valence-corrected chi connectivity index (χ3v) is 5.27. The zero-order valence-electron chi connectivity index (χ0n) is 14.6. The molecular formula is C18H13F3N4O2S2. The first-order valence-electron chi connectivity index (χ1n) is 8.10. The molecule has 0 spiro atoms. The quantitative estimate of drug-likeness (QED) is 0.552. The van der Waals surface area contributed by atoms with Gasteiger partial charge < -0.3 is 10.6 Å². The summed E-state index contributed by atoms with van der Waals surface area (Å²) in [7, 11) is 0. The van der Waals surface area contributed by atoms with Crippen LogP contribution in [0.1, 0.15) is 15.2 Å². The van der Waals surface area contributed by atoms with Crippen molar-refractivity contribution in [2.75, 3.05) is 16.4 Å². The van der Waals surface area contributed by atoms with Crippen molar-refractivity contribution in [3.8, 4) is 0 Å². The Hall–Kier alpha value is -2.92. The second-order valence-electron chi connectivity index (χ2n) is 5.57. The molecule has 29 heavy (non-hydrogen) atoms. The van der Waals surface area contributed by atoms with Crippen molar-refractivity contribution in [1.82, 2.24) is 10.2 Å². The number of carbonyl (C=O) groups is 2. The number of amides is 2. The summed E-state index contributed by atoms with van der Waals surface area (Å²) in [6.07, 6.45) is -4.56. The number of aromatic nitrogens is 2. The molecule has 6 nitrogen and oxygen atoms in total. The van der Waals surface area contributed by atoms with Crippen molar-refractivity contribution >= 4 is 46.4 Å². The Kier molecular flexibility index (Phi) is 6.49. The van der Waals surface area contributed by atoms with E-state index < -0.39 is 17.6 Å². The first-order valence-corrected chi connectivity index (χ1v) is 9.97. The molecule has 0 fully saturated rings. The van der Waals surface area contributed by atoms with Crippen LogP contribution in [0.15, 0.2) is 58.9 Å². The Morgan fingerprint density at radius 3 is 2.45 bits per heavy atom. The minimum absolute atomic E-state index is 0.151. The Bertz CT molecular complexity index is 993. The molecule has 2 amide bonds. The monoisotopic (exact) mass is 438 g/mol. The van der Waals surface area contributed by atoms with Crippen molar-refractivity contribution in [1.29, 1.82) is 0 Å². The molecule has 0 bridgehead atoms. The molecule has 0 aliphatic heterocycles. The molecule has 0 aliphatic carbocycles. The van der Waals surface area contributed by atoms with E-state index in [1.807, 2.05) is 0 Å². The summed E-state index contributed by atoms with van der Waals surface area (Å²) < 4.78 is 38.9. The smallest absolute Gasteiger partial charge is 0.325 e. The van der Waals surface area contributed by atoms with Gasteiger partial charge in [0.25, 0.3) is 5.91 Å². The summed E-state index contributed by atoms with van der Waals surface area (Å²) in [6, 6.07) is 11.3. The fraction of sp³-hybridized carbons (Fsp3) is 0.111. The summed E-state index contributed by atoms with van der Waals surface area (Å²) in [5.74, 6) is -0.820. The number of halogens is 3. The van der Waals surface area contributed by atoms with Crippen LogP contribution < -0.4 is 10.6 Å². The van der Waals surface area contributed by atoms with Crippen LogP contribution in [-0.2, 0) is 11.0 Å². The van der Waals surface area contributed by atoms with Crippen molar-refractivity contribution in [2.45, 2.75) is 11.2 Å². The third-order valence-electron chi connectivity index (χ3n) is 3.48. The van der Waals surface area contributed by atoms with Crippen molar-refractivity contribution in [3.63, 3.8) is 0 Å². The minimum atomic E-state index is -4.56. The highest BCUT2D eigenvalue weighted by molar-refractivity contribution is 7.99. The average molecular weight is 438 g/mol. The highest BCUT2D eigenvalue weighted by atomic mass is 32.2. The van der Waals surface area contributed by atoms with E-state index in [0.717, 1.165) is 17.8 Å². The highest BCUT2D eigenvalue weighted by Crippen LogP contribution is 2.34. The fourth-order valence-corrected chi connectivity index (χ4v) is 3.45. The molecule has 0 unspecified atom stereocenters. The summed E-state index contributed by atoms with van der Waals surface area (Å²) in [5.41, 5.74) is -1.22. The number of hydrogen-bond acceptors (Lipinski definition) is 6. The maximum absolute atomic E-state index is 13.0. The van der Waals surface area contributed by atoms with Crippen LogP contribution in [0.25, 0.3) is 0 Å². The number of hydrogen-bond donors (Lipinski definition) is 2. The number of nitrogens with zero attached hydrogens (tertiary/aromatic N) is 2. The molecule has 3 rings (SSSR count). The van der Waals surface area contributed by atoms with Gasteiger partial charge in [0.15, 0.2) is 5.82 Å². The molecule has 11 heteroatoms. The third kappa shape index (κ3) is 5.78. The van der Waals surface area contributed by atoms with Gasteiger partial charge in [0.2, 0.25) is 5.91 Å². The predicted molar refractivity (Wildman–Crippen MR) is 105 cm³/mol. The number of carbonyl (C=O) groups excluding carboxylic acids is 2. The molecule has 0 aliphatic rings. The first kappa shape index (κ1) is 20.8. The number of thioether (sulfide) groups is 1. The molecule has 1 aromatic carbocycles. The van der Waals surface area contributed by atoms with Crippen LogP contribution in [-0.4, -0.2) is 27.8 Å². The summed E-state index contributed by atoms with van der Waals surface area (Å²) in [4.78, 5) is 24.5. The number of nitrogens with one attached hydrogen (secondary N) is 2. The van der Waals surface area contributed by atoms with E-state index in [1.54, 1.807) is 23.6 Å². The normalized spacial score (nSPS) is 11.1. The number of alkyl halides is 3. The Morgan fingerprint density at radius 1 is 1.00 bits per heavy atom. The number of anilines is 2. The van der Waals surface area contributed by atoms with Gasteiger partial charge in [-0.2, -0.15) is 13.2 Å². The zero-order valence-corrected chi connectivity index (χ0v) is 16.2. The van der Waals surface area contributed by atoms with Crippen LogP contribution in [0, 0.1) is 0 Å². The lowest BCUT2D eigenvalue weighted by atomic mass is 10.1. The Balaban J connectivity index is 1.54. The van der Waals surface area contributed by atoms with E-state index in [0.29, 0.717) is 9.90 Å². The zero-order chi connectivity index (χ0) is 20.9. The second-order valence-corrected chi connectivity index (χ2v) is 7.51. The Labute approximate surface area is 171 Å². The van der Waals surface area contributed by atoms with E-state index in [4.69, 9.17) is 0 Å². The number of para-hydroxylation sites is 1. The van der Waals surface area contributed by atoms with Crippen LogP contribution in [0.3, 0.4) is 0 Å². The van der Waals surface area contributed by atoms with Crippen LogP contribution in [0.5, 0.6) is 0 Å². The minimum Gasteiger partial charge on any atom is -0.325 e. The summed E-state index contributed by atoms with van der Waals surface area (Å²) in [6.45, 7) is 0. The summed E-state index contributed by atoms with van der Waals surface area (Å²) in [5, 5.41) is 14.8. The van der Waals surface area contributed by atoms with E-state index >= 15 is 0 Å². The van der Waals surface area contributed by atoms with Crippen LogP contribution in [0.2, 0.25) is 0 Å². The summed E-state index contributed by atoms with van der Waals surface area (Å²) >= 11 is 2.30. The van der Waals surface area contributed by atoms with Gasteiger partial charge in [-0.3, -0.25) is 9.59 Å². The van der Waals surface area contributed by atoms with E-state index in [1.165, 1.54) is 35.6 Å². The van der Waals surface area contributed by atoms with Crippen LogP contribution in [0.4, 0.5) is 24.7 Å². The second kappa shape index (κ2) is 9.05. The van der Waals surface area contributed by atoms with Crippen molar-refractivity contribution in [3.05, 3.63) is 64.4 Å². The van der Waals surface area contributed by atoms with Gasteiger partial charge in [-0.25, -0.2) is 0 Å². The van der Waals surface area contributed by atoms with Gasteiger partial charge in [0.05, 0.1) is 21.9 Å². The maximum Gasteiger partial charge on any atom is 0.418 e. The molecule has 0 saturated carbocycles. The molecule has 3 aromatic rings. The van der Waals surface area contributed by atoms with Gasteiger partial charge in [0.1, 0.15) is 5.03 Å². The average Bonchev–Trinajstić information content (AvgIpc) is 3.22. The van der Waals surface area contributed by atoms with Crippen molar-refractivity contribution < 1.29 is 22.8 Å². The lowest BCUT2D eigenvalue weighted by Gasteiger charge is -2.13. The fourth-order valence-electron chi connectivity index (χ4n) is 2.21. The maximum atomic E-state index is 13.0. The van der Waals surface area contributed by atoms with E-state index in [2.05, 4.69) is 20.8 Å². The largest absolute Gasteiger partial charge is 0.418 e. The molecule has 0 radical (unpaired) electrons. The Morgan fingerprint density at radius 2 is 1.79 bits per heavy atom. The van der Waals surface area contributed by atoms with Gasteiger partial charge in [0, 0.05) is 0 Å². The SMILES string of the molecule is O=C(CSc1ccc(NC(=O)c2cccs2)nn1)Nc1ccccc1C(F)(F)F. The number of rotatable bonds is 6. The molecule has 2 heterocycles. The topological polar surface area (TPSA) is 84.0 Å². The molecule has 2 aromatic heterocycles. The van der Waals surface area contributed by atoms with Gasteiger partial charge in [-0.1, -0.05) is 30.0 Å². The van der Waals surface area contributed by atoms with E-state index in [9.17, 15) is 22.8 Å². The standard InChI is InChI=1S/C18H13F3N4O2S2/c19-18(20,21)11-4-1-2-5-12(11)22-15(26)10-29-16-8-7-14(24-25-16)23-17(27)13-6-3-9-28-13/h1-9H,10H2,(H,22,26)(H,23,24,27). The molecule has 2 N–H and O–H groups in total. The van der Waals surface area contributed by atoms with Gasteiger partial charge in [-0.05, 0) is 35.7 Å². The molecule has 150 valence electrons. The predicted octanol–water partition coefficient (Wildman–Crippen LogP) is 4.54. The molecular weight excluding hydrogens is 425 g/mol. The van der Waals surface area contributed by atoms with Crippen molar-refractivity contribution in [2.24, 2.45) is 0 Å². The number of benzene rings is 1. The van der Waals surface area contributed by atoms with E-state index in [-0.39, 0.29) is 23.2 Å². The number of thiophene rings is 1. The molecule has 0 saturated heterocycles.